The van der Waals surface area contributed by atoms with Crippen LogP contribution in [0.4, 0.5) is 5.69 Å². The van der Waals surface area contributed by atoms with Crippen LogP contribution in [0.3, 0.4) is 0 Å². The number of carbonyl (C=O) groups is 3. The lowest BCUT2D eigenvalue weighted by Gasteiger charge is -2.11. The molecule has 2 amide bonds. The van der Waals surface area contributed by atoms with Gasteiger partial charge in [0.15, 0.2) is 0 Å². The minimum absolute atomic E-state index is 0.0210. The van der Waals surface area contributed by atoms with Crippen LogP contribution in [0.1, 0.15) is 0 Å². The first-order valence-electron chi connectivity index (χ1n) is 5.69. The van der Waals surface area contributed by atoms with Gasteiger partial charge in [0, 0.05) is 5.75 Å². The van der Waals surface area contributed by atoms with Gasteiger partial charge in [-0.15, -0.1) is 11.8 Å². The summed E-state index contributed by atoms with van der Waals surface area (Å²) in [4.78, 5) is 32.7. The zero-order valence-electron chi connectivity index (χ0n) is 10.6. The second-order valence-electron chi connectivity index (χ2n) is 3.84. The Bertz CT molecular complexity index is 542. The summed E-state index contributed by atoms with van der Waals surface area (Å²) in [5, 5.41) is 14.1. The lowest BCUT2D eigenvalue weighted by molar-refractivity contribution is -0.139. The van der Waals surface area contributed by atoms with Crippen molar-refractivity contribution in [2.75, 3.05) is 16.8 Å². The number of hydrogen-bond acceptors (Lipinski definition) is 4. The van der Waals surface area contributed by atoms with Crippen molar-refractivity contribution in [3.63, 3.8) is 0 Å². The molecule has 6 nitrogen and oxygen atoms in total. The van der Waals surface area contributed by atoms with Crippen molar-refractivity contribution < 1.29 is 19.5 Å². The van der Waals surface area contributed by atoms with Crippen molar-refractivity contribution in [1.82, 2.24) is 5.32 Å². The van der Waals surface area contributed by atoms with Crippen LogP contribution < -0.4 is 10.6 Å². The molecule has 3 N–H and O–H groups in total. The van der Waals surface area contributed by atoms with Crippen LogP contribution in [-0.2, 0) is 14.4 Å². The summed E-state index contributed by atoms with van der Waals surface area (Å²) >= 11 is 12.8. The molecule has 114 valence electrons. The molecule has 0 heterocycles. The summed E-state index contributed by atoms with van der Waals surface area (Å²) < 4.78 is 0. The van der Waals surface area contributed by atoms with E-state index >= 15 is 0 Å². The fraction of sp³-hybridized carbons (Fsp3) is 0.250. The first-order chi connectivity index (χ1) is 9.95. The van der Waals surface area contributed by atoms with Crippen LogP contribution in [0.5, 0.6) is 0 Å². The number of rotatable bonds is 8. The van der Waals surface area contributed by atoms with Gasteiger partial charge in [0.05, 0.1) is 21.5 Å². The van der Waals surface area contributed by atoms with Crippen LogP contribution >= 0.6 is 35.0 Å². The largest absolute Gasteiger partial charge is 0.480 e. The average molecular weight is 351 g/mol. The normalized spacial score (nSPS) is 11.5. The van der Waals surface area contributed by atoms with E-state index in [4.69, 9.17) is 28.3 Å². The molecule has 0 saturated carbocycles. The predicted octanol–water partition coefficient (Wildman–Crippen LogP) is 1.86. The Morgan fingerprint density at radius 2 is 2.10 bits per heavy atom. The highest BCUT2D eigenvalue weighted by Crippen LogP contribution is 2.29. The Hall–Kier alpha value is -1.44. The lowest BCUT2D eigenvalue weighted by Crippen LogP contribution is -2.38. The highest BCUT2D eigenvalue weighted by Gasteiger charge is 2.17. The van der Waals surface area contributed by atoms with Crippen molar-refractivity contribution >= 4 is 58.9 Å². The standard InChI is InChI=1S/C12H12Cl2N2O4S/c13-7-2-1-3-8(11(7)14)16-10(18)5-21-4-9(12(19)20)15-6-17/h1-3,6,9H,4-5H2,(H,15,17)(H,16,18)(H,19,20). The van der Waals surface area contributed by atoms with Gasteiger partial charge >= 0.3 is 5.97 Å². The minimum atomic E-state index is -1.16. The van der Waals surface area contributed by atoms with Gasteiger partial charge in [0.2, 0.25) is 12.3 Å². The molecular weight excluding hydrogens is 339 g/mol. The van der Waals surface area contributed by atoms with E-state index in [2.05, 4.69) is 10.6 Å². The number of hydrogen-bond donors (Lipinski definition) is 3. The highest BCUT2D eigenvalue weighted by molar-refractivity contribution is 8.00. The molecular formula is C12H12Cl2N2O4S. The number of halogens is 2. The zero-order valence-corrected chi connectivity index (χ0v) is 13.0. The monoisotopic (exact) mass is 350 g/mol. The molecule has 0 radical (unpaired) electrons. The summed E-state index contributed by atoms with van der Waals surface area (Å²) in [7, 11) is 0. The third-order valence-electron chi connectivity index (χ3n) is 2.31. The number of amides is 2. The van der Waals surface area contributed by atoms with Crippen LogP contribution in [0, 0.1) is 0 Å². The van der Waals surface area contributed by atoms with Gasteiger partial charge in [0.25, 0.3) is 0 Å². The highest BCUT2D eigenvalue weighted by atomic mass is 35.5. The molecule has 0 saturated heterocycles. The molecule has 0 aliphatic carbocycles. The van der Waals surface area contributed by atoms with Crippen LogP contribution in [0.2, 0.25) is 10.0 Å². The Labute approximate surface area is 135 Å². The number of anilines is 1. The van der Waals surface area contributed by atoms with E-state index in [9.17, 15) is 14.4 Å². The molecule has 0 aromatic heterocycles. The fourth-order valence-corrected chi connectivity index (χ4v) is 2.53. The van der Waals surface area contributed by atoms with Crippen molar-refractivity contribution in [1.29, 1.82) is 0 Å². The number of nitrogens with one attached hydrogen (secondary N) is 2. The Balaban J connectivity index is 2.46. The van der Waals surface area contributed by atoms with E-state index in [-0.39, 0.29) is 22.4 Å². The maximum absolute atomic E-state index is 11.7. The van der Waals surface area contributed by atoms with Gasteiger partial charge in [0.1, 0.15) is 6.04 Å². The first-order valence-corrected chi connectivity index (χ1v) is 7.61. The van der Waals surface area contributed by atoms with E-state index in [1.54, 1.807) is 18.2 Å². The van der Waals surface area contributed by atoms with E-state index < -0.39 is 12.0 Å². The zero-order chi connectivity index (χ0) is 15.8. The number of carbonyl (C=O) groups excluding carboxylic acids is 2. The molecule has 1 unspecified atom stereocenters. The van der Waals surface area contributed by atoms with Gasteiger partial charge in [-0.05, 0) is 12.1 Å². The van der Waals surface area contributed by atoms with Gasteiger partial charge in [-0.2, -0.15) is 0 Å². The quantitative estimate of drug-likeness (QED) is 0.622. The van der Waals surface area contributed by atoms with Crippen LogP contribution in [-0.4, -0.2) is 40.9 Å². The molecule has 0 aliphatic heterocycles. The average Bonchev–Trinajstić information content (AvgIpc) is 2.43. The molecule has 1 rings (SSSR count). The van der Waals surface area contributed by atoms with E-state index in [1.165, 1.54) is 0 Å². The summed E-state index contributed by atoms with van der Waals surface area (Å²) in [5.41, 5.74) is 0.385. The van der Waals surface area contributed by atoms with Gasteiger partial charge in [-0.25, -0.2) is 4.79 Å². The SMILES string of the molecule is O=CNC(CSCC(=O)Nc1cccc(Cl)c1Cl)C(=O)O. The molecule has 1 aromatic carbocycles. The molecule has 0 fully saturated rings. The van der Waals surface area contributed by atoms with E-state index in [0.717, 1.165) is 11.8 Å². The number of carboxylic acid groups (broad SMARTS) is 1. The second kappa shape index (κ2) is 8.76. The maximum atomic E-state index is 11.7. The lowest BCUT2D eigenvalue weighted by atomic mass is 10.3. The van der Waals surface area contributed by atoms with E-state index in [1.807, 2.05) is 0 Å². The fourth-order valence-electron chi connectivity index (χ4n) is 1.33. The number of benzene rings is 1. The third-order valence-corrected chi connectivity index (χ3v) is 4.16. The van der Waals surface area contributed by atoms with Gasteiger partial charge in [-0.3, -0.25) is 9.59 Å². The molecule has 1 aromatic rings. The third kappa shape index (κ3) is 5.82. The van der Waals surface area contributed by atoms with Gasteiger partial charge < -0.3 is 15.7 Å². The van der Waals surface area contributed by atoms with Crippen LogP contribution in [0.15, 0.2) is 18.2 Å². The van der Waals surface area contributed by atoms with Crippen molar-refractivity contribution in [2.45, 2.75) is 6.04 Å². The molecule has 0 aliphatic rings. The Morgan fingerprint density at radius 1 is 1.38 bits per heavy atom. The summed E-state index contributed by atoms with van der Waals surface area (Å²) in [5.74, 6) is -1.41. The van der Waals surface area contributed by atoms with Crippen molar-refractivity contribution in [3.8, 4) is 0 Å². The van der Waals surface area contributed by atoms with E-state index in [0.29, 0.717) is 17.1 Å². The predicted molar refractivity (Wildman–Crippen MR) is 83.0 cm³/mol. The van der Waals surface area contributed by atoms with Crippen molar-refractivity contribution in [2.24, 2.45) is 0 Å². The molecule has 0 spiro atoms. The molecule has 0 bridgehead atoms. The van der Waals surface area contributed by atoms with Crippen molar-refractivity contribution in [3.05, 3.63) is 28.2 Å². The maximum Gasteiger partial charge on any atom is 0.327 e. The Morgan fingerprint density at radius 3 is 2.71 bits per heavy atom. The Kier molecular flexibility index (Phi) is 7.35. The second-order valence-corrected chi connectivity index (χ2v) is 5.66. The number of thioether (sulfide) groups is 1. The molecule has 1 atom stereocenters. The molecule has 21 heavy (non-hydrogen) atoms. The summed E-state index contributed by atoms with van der Waals surface area (Å²) in [6.45, 7) is 0. The minimum Gasteiger partial charge on any atom is -0.480 e. The number of carboxylic acids is 1. The topological polar surface area (TPSA) is 95.5 Å². The summed E-state index contributed by atoms with van der Waals surface area (Å²) in [6, 6.07) is 3.81. The van der Waals surface area contributed by atoms with Gasteiger partial charge in [-0.1, -0.05) is 29.3 Å². The first kappa shape index (κ1) is 17.6. The number of aliphatic carboxylic acids is 1. The summed E-state index contributed by atoms with van der Waals surface area (Å²) in [6.07, 6.45) is 0.311. The van der Waals surface area contributed by atoms with Crippen LogP contribution in [0.25, 0.3) is 0 Å². The molecule has 9 heteroatoms. The smallest absolute Gasteiger partial charge is 0.327 e.